The van der Waals surface area contributed by atoms with E-state index in [1.54, 1.807) is 6.92 Å². The van der Waals surface area contributed by atoms with E-state index in [0.717, 1.165) is 31.3 Å². The normalized spacial score (nSPS) is 37.9. The summed E-state index contributed by atoms with van der Waals surface area (Å²) >= 11 is 0. The van der Waals surface area contributed by atoms with Gasteiger partial charge in [-0.25, -0.2) is 0 Å². The summed E-state index contributed by atoms with van der Waals surface area (Å²) in [5.41, 5.74) is 1.43. The third-order valence-corrected chi connectivity index (χ3v) is 12.5. The molecule has 0 bridgehead atoms. The molecule has 4 rings (SSSR count). The second-order valence-corrected chi connectivity index (χ2v) is 14.3. The molecule has 4 aliphatic rings. The molecule has 8 unspecified atom stereocenters. The lowest BCUT2D eigenvalue weighted by atomic mass is 9.40. The number of hydrogen-bond donors (Lipinski definition) is 2. The van der Waals surface area contributed by atoms with Gasteiger partial charge < -0.3 is 19.7 Å². The van der Waals surface area contributed by atoms with E-state index in [-0.39, 0.29) is 18.8 Å². The molecule has 0 aromatic heterocycles. The molecular formula is C33H56O7. The number of carboxylic acids is 1. The Morgan fingerprint density at radius 3 is 2.08 bits per heavy atom. The molecule has 0 aliphatic heterocycles. The largest absolute Gasteiger partial charge is 0.481 e. The third-order valence-electron chi connectivity index (χ3n) is 12.5. The Bertz CT molecular complexity index is 888. The molecule has 7 heteroatoms. The van der Waals surface area contributed by atoms with Crippen molar-refractivity contribution in [2.24, 2.45) is 51.8 Å². The predicted molar refractivity (Wildman–Crippen MR) is 154 cm³/mol. The van der Waals surface area contributed by atoms with Crippen LogP contribution in [0.2, 0.25) is 0 Å². The summed E-state index contributed by atoms with van der Waals surface area (Å²) in [6, 6.07) is 0. The van der Waals surface area contributed by atoms with Crippen LogP contribution in [0, 0.1) is 51.8 Å². The molecule has 9 atom stereocenters. The minimum atomic E-state index is -0.936. The molecule has 0 aromatic rings. The topological polar surface area (TPSA) is 110 Å². The lowest BCUT2D eigenvalue weighted by Gasteiger charge is -2.65. The molecule has 7 nitrogen and oxygen atoms in total. The number of carboxylic acid groups (broad SMARTS) is 1. The van der Waals surface area contributed by atoms with Gasteiger partial charge in [0, 0.05) is 20.0 Å². The van der Waals surface area contributed by atoms with Gasteiger partial charge in [-0.3, -0.25) is 14.4 Å². The van der Waals surface area contributed by atoms with Crippen molar-refractivity contribution in [1.82, 2.24) is 0 Å². The SMILES string of the molecule is CC(CCC(=O)OCOC(=O)CC[C@@H](C)C1CCC2C3CCC4(C)CCCCC4(C)C3CCC21C)C(=O)O.CO. The van der Waals surface area contributed by atoms with Crippen LogP contribution in [0.3, 0.4) is 0 Å². The zero-order valence-corrected chi connectivity index (χ0v) is 26.0. The van der Waals surface area contributed by atoms with Gasteiger partial charge in [0.05, 0.1) is 5.92 Å². The highest BCUT2D eigenvalue weighted by Crippen LogP contribution is 2.71. The van der Waals surface area contributed by atoms with Crippen molar-refractivity contribution in [1.29, 1.82) is 0 Å². The Kier molecular flexibility index (Phi) is 11.1. The van der Waals surface area contributed by atoms with Gasteiger partial charge in [0.15, 0.2) is 0 Å². The Hall–Kier alpha value is -1.63. The first-order valence-electron chi connectivity index (χ1n) is 15.9. The third kappa shape index (κ3) is 6.55. The van der Waals surface area contributed by atoms with E-state index in [4.69, 9.17) is 19.7 Å². The van der Waals surface area contributed by atoms with Gasteiger partial charge in [-0.05, 0) is 110 Å². The van der Waals surface area contributed by atoms with Gasteiger partial charge >= 0.3 is 17.9 Å². The number of fused-ring (bicyclic) bond motifs is 5. The lowest BCUT2D eigenvalue weighted by Crippen LogP contribution is -2.56. The van der Waals surface area contributed by atoms with Crippen molar-refractivity contribution in [3.63, 3.8) is 0 Å². The Labute approximate surface area is 242 Å². The molecule has 0 spiro atoms. The summed E-state index contributed by atoms with van der Waals surface area (Å²) in [5, 5.41) is 15.9. The first-order valence-corrected chi connectivity index (χ1v) is 15.9. The summed E-state index contributed by atoms with van der Waals surface area (Å²) in [5.74, 6) is 1.30. The number of rotatable bonds is 10. The fraction of sp³-hybridized carbons (Fsp3) is 0.909. The number of carbonyl (C=O) groups is 3. The second-order valence-electron chi connectivity index (χ2n) is 14.3. The Morgan fingerprint density at radius 2 is 1.43 bits per heavy atom. The van der Waals surface area contributed by atoms with Gasteiger partial charge in [-0.2, -0.15) is 0 Å². The smallest absolute Gasteiger partial charge is 0.308 e. The van der Waals surface area contributed by atoms with Gasteiger partial charge in [0.1, 0.15) is 0 Å². The first-order chi connectivity index (χ1) is 18.9. The van der Waals surface area contributed by atoms with Crippen molar-refractivity contribution in [2.75, 3.05) is 13.9 Å². The zero-order valence-electron chi connectivity index (χ0n) is 26.0. The van der Waals surface area contributed by atoms with Crippen molar-refractivity contribution in [3.8, 4) is 0 Å². The van der Waals surface area contributed by atoms with Gasteiger partial charge in [0.25, 0.3) is 0 Å². The maximum absolute atomic E-state index is 12.4. The van der Waals surface area contributed by atoms with Crippen LogP contribution in [-0.2, 0) is 23.9 Å². The summed E-state index contributed by atoms with van der Waals surface area (Å²) in [6.07, 6.45) is 15.2. The summed E-state index contributed by atoms with van der Waals surface area (Å²) in [6.45, 7) is 11.3. The van der Waals surface area contributed by atoms with Crippen molar-refractivity contribution >= 4 is 17.9 Å². The van der Waals surface area contributed by atoms with Crippen LogP contribution >= 0.6 is 0 Å². The Morgan fingerprint density at radius 1 is 0.800 bits per heavy atom. The van der Waals surface area contributed by atoms with Gasteiger partial charge in [0.2, 0.25) is 6.79 Å². The zero-order chi connectivity index (χ0) is 29.7. The van der Waals surface area contributed by atoms with E-state index in [1.807, 2.05) is 0 Å². The maximum Gasteiger partial charge on any atom is 0.308 e. The quantitative estimate of drug-likeness (QED) is 0.217. The van der Waals surface area contributed by atoms with Gasteiger partial charge in [-0.15, -0.1) is 0 Å². The molecule has 0 radical (unpaired) electrons. The molecule has 230 valence electrons. The van der Waals surface area contributed by atoms with E-state index in [9.17, 15) is 14.4 Å². The number of hydrogen-bond acceptors (Lipinski definition) is 6. The first kappa shape index (κ1) is 32.9. The molecule has 0 aromatic carbocycles. The van der Waals surface area contributed by atoms with Crippen molar-refractivity contribution in [3.05, 3.63) is 0 Å². The molecule has 40 heavy (non-hydrogen) atoms. The van der Waals surface area contributed by atoms with Gasteiger partial charge in [-0.1, -0.05) is 47.5 Å². The van der Waals surface area contributed by atoms with E-state index < -0.39 is 24.6 Å². The Balaban J connectivity index is 0.00000216. The van der Waals surface area contributed by atoms with Crippen molar-refractivity contribution < 1.29 is 34.1 Å². The number of esters is 2. The lowest BCUT2D eigenvalue weighted by molar-refractivity contribution is -0.167. The van der Waals surface area contributed by atoms with Crippen LogP contribution in [0.1, 0.15) is 125 Å². The number of carbonyl (C=O) groups excluding carboxylic acids is 2. The van der Waals surface area contributed by atoms with Crippen LogP contribution in [0.4, 0.5) is 0 Å². The van der Waals surface area contributed by atoms with E-state index >= 15 is 0 Å². The molecule has 4 saturated carbocycles. The monoisotopic (exact) mass is 564 g/mol. The van der Waals surface area contributed by atoms with Crippen LogP contribution in [0.15, 0.2) is 0 Å². The molecule has 4 aliphatic carbocycles. The molecule has 0 amide bonds. The van der Waals surface area contributed by atoms with Crippen LogP contribution in [0.5, 0.6) is 0 Å². The van der Waals surface area contributed by atoms with E-state index in [0.29, 0.717) is 34.5 Å². The number of aliphatic hydroxyl groups excluding tert-OH is 1. The standard InChI is InChI=1S/C32H52O6.CH4O/c1-21(8-12-27(33)37-20-38-28(34)13-9-22(2)29(35)36)24-10-11-25-23-14-18-30(3)16-6-7-17-32(30,5)26(23)15-19-31(24,25)4;1-2/h21-26H,6-20H2,1-5H3,(H,35,36);2H,1H3/t21-,22?,23?,24?,25?,26?,30?,31?,32?;/m1./s1. The van der Waals surface area contributed by atoms with Crippen molar-refractivity contribution in [2.45, 2.75) is 125 Å². The molecule has 0 heterocycles. The summed E-state index contributed by atoms with van der Waals surface area (Å²) in [4.78, 5) is 35.0. The molecule has 4 fully saturated rings. The maximum atomic E-state index is 12.4. The fourth-order valence-corrected chi connectivity index (χ4v) is 9.89. The second kappa shape index (κ2) is 13.6. The number of aliphatic hydroxyl groups is 1. The highest BCUT2D eigenvalue weighted by atomic mass is 16.7. The molecule has 0 saturated heterocycles. The molecule has 2 N–H and O–H groups in total. The summed E-state index contributed by atoms with van der Waals surface area (Å²) in [7, 11) is 1.00. The highest BCUT2D eigenvalue weighted by Gasteiger charge is 2.62. The predicted octanol–water partition coefficient (Wildman–Crippen LogP) is 7.00. The average Bonchev–Trinajstić information content (AvgIpc) is 3.29. The van der Waals surface area contributed by atoms with Crippen LogP contribution in [0.25, 0.3) is 0 Å². The van der Waals surface area contributed by atoms with Crippen LogP contribution in [-0.4, -0.2) is 42.0 Å². The minimum Gasteiger partial charge on any atom is -0.481 e. The summed E-state index contributed by atoms with van der Waals surface area (Å²) < 4.78 is 10.1. The van der Waals surface area contributed by atoms with E-state index in [1.165, 1.54) is 64.2 Å². The average molecular weight is 565 g/mol. The minimum absolute atomic E-state index is 0.00369. The number of aliphatic carboxylic acids is 1. The molecular weight excluding hydrogens is 508 g/mol. The van der Waals surface area contributed by atoms with Crippen LogP contribution < -0.4 is 0 Å². The van der Waals surface area contributed by atoms with E-state index in [2.05, 4.69) is 27.7 Å². The number of ether oxygens (including phenoxy) is 2. The fourth-order valence-electron chi connectivity index (χ4n) is 9.89. The highest BCUT2D eigenvalue weighted by molar-refractivity contribution is 5.73.